The van der Waals surface area contributed by atoms with Gasteiger partial charge in [-0.2, -0.15) is 0 Å². The molecular weight excluding hydrogens is 296 g/mol. The molecule has 0 aliphatic carbocycles. The van der Waals surface area contributed by atoms with E-state index >= 15 is 0 Å². The molecule has 2 aliphatic heterocycles. The Morgan fingerprint density at radius 1 is 1.30 bits per heavy atom. The first-order valence-electron chi connectivity index (χ1n) is 8.13. The van der Waals surface area contributed by atoms with Crippen molar-refractivity contribution in [1.29, 1.82) is 0 Å². The van der Waals surface area contributed by atoms with E-state index in [2.05, 4.69) is 5.32 Å². The van der Waals surface area contributed by atoms with E-state index < -0.39 is 6.04 Å². The van der Waals surface area contributed by atoms with E-state index in [1.165, 1.54) is 4.90 Å². The Morgan fingerprint density at radius 2 is 2.09 bits per heavy atom. The van der Waals surface area contributed by atoms with Crippen molar-refractivity contribution in [3.8, 4) is 5.75 Å². The van der Waals surface area contributed by atoms with Crippen molar-refractivity contribution in [2.75, 3.05) is 24.7 Å². The summed E-state index contributed by atoms with van der Waals surface area (Å²) in [6.45, 7) is 3.88. The van der Waals surface area contributed by atoms with Crippen LogP contribution in [0.25, 0.3) is 0 Å². The van der Waals surface area contributed by atoms with E-state index in [1.54, 1.807) is 24.3 Å². The van der Waals surface area contributed by atoms with Gasteiger partial charge in [0.2, 0.25) is 5.91 Å². The lowest BCUT2D eigenvalue weighted by molar-refractivity contribution is -0.121. The number of rotatable bonds is 6. The van der Waals surface area contributed by atoms with Gasteiger partial charge >= 0.3 is 0 Å². The molecule has 1 aromatic carbocycles. The van der Waals surface area contributed by atoms with E-state index in [0.717, 1.165) is 25.2 Å². The monoisotopic (exact) mass is 318 g/mol. The average Bonchev–Trinajstić information content (AvgIpc) is 3.15. The fourth-order valence-electron chi connectivity index (χ4n) is 3.00. The second-order valence-corrected chi connectivity index (χ2v) is 5.79. The van der Waals surface area contributed by atoms with Crippen molar-refractivity contribution in [3.05, 3.63) is 24.3 Å². The van der Waals surface area contributed by atoms with Crippen LogP contribution in [0.1, 0.15) is 26.2 Å². The van der Waals surface area contributed by atoms with Crippen LogP contribution in [0.5, 0.6) is 5.75 Å². The zero-order valence-electron chi connectivity index (χ0n) is 13.3. The van der Waals surface area contributed by atoms with Crippen LogP contribution in [0.2, 0.25) is 0 Å². The van der Waals surface area contributed by atoms with Crippen LogP contribution in [-0.2, 0) is 14.3 Å². The molecule has 1 N–H and O–H groups in total. The molecule has 23 heavy (non-hydrogen) atoms. The number of hydrogen-bond acceptors (Lipinski definition) is 5. The van der Waals surface area contributed by atoms with Gasteiger partial charge in [0.25, 0.3) is 5.91 Å². The summed E-state index contributed by atoms with van der Waals surface area (Å²) in [6, 6.07) is 6.56. The summed E-state index contributed by atoms with van der Waals surface area (Å²) >= 11 is 0. The number of carbonyl (C=O) groups is 2. The number of amides is 2. The molecule has 2 atom stereocenters. The second kappa shape index (κ2) is 7.10. The zero-order valence-corrected chi connectivity index (χ0v) is 13.3. The maximum Gasteiger partial charge on any atom is 0.251 e. The summed E-state index contributed by atoms with van der Waals surface area (Å²) in [5.74, 6) is 0.351. The Labute approximate surface area is 135 Å². The summed E-state index contributed by atoms with van der Waals surface area (Å²) in [4.78, 5) is 26.0. The molecule has 2 fully saturated rings. The molecule has 0 aromatic heterocycles. The van der Waals surface area contributed by atoms with Gasteiger partial charge in [-0.05, 0) is 44.0 Å². The van der Waals surface area contributed by atoms with Crippen LogP contribution in [-0.4, -0.2) is 43.7 Å². The third-order valence-electron chi connectivity index (χ3n) is 4.17. The van der Waals surface area contributed by atoms with Crippen LogP contribution in [0.4, 0.5) is 5.69 Å². The molecule has 6 heteroatoms. The minimum atomic E-state index is -0.460. The highest BCUT2D eigenvalue weighted by molar-refractivity contribution is 6.22. The fourth-order valence-corrected chi connectivity index (χ4v) is 3.00. The third-order valence-corrected chi connectivity index (χ3v) is 4.17. The molecule has 2 saturated heterocycles. The van der Waals surface area contributed by atoms with E-state index in [4.69, 9.17) is 9.47 Å². The summed E-state index contributed by atoms with van der Waals surface area (Å²) in [5.41, 5.74) is 0.588. The quantitative estimate of drug-likeness (QED) is 0.805. The smallest absolute Gasteiger partial charge is 0.251 e. The Bertz CT molecular complexity index is 566. The SMILES string of the molecule is CCOc1ccc(N2C(=O)C[C@H](NC[C@H]3CCCO3)C2=O)cc1. The van der Waals surface area contributed by atoms with Crippen LogP contribution >= 0.6 is 0 Å². The Morgan fingerprint density at radius 3 is 2.74 bits per heavy atom. The minimum absolute atomic E-state index is 0.150. The maximum absolute atomic E-state index is 12.5. The molecule has 0 unspecified atom stereocenters. The molecule has 2 amide bonds. The first-order valence-corrected chi connectivity index (χ1v) is 8.13. The van der Waals surface area contributed by atoms with Gasteiger partial charge < -0.3 is 14.8 Å². The van der Waals surface area contributed by atoms with Crippen molar-refractivity contribution in [2.45, 2.75) is 38.3 Å². The lowest BCUT2D eigenvalue weighted by Gasteiger charge is -2.17. The summed E-state index contributed by atoms with van der Waals surface area (Å²) in [7, 11) is 0. The number of benzene rings is 1. The summed E-state index contributed by atoms with van der Waals surface area (Å²) in [6.07, 6.45) is 2.41. The van der Waals surface area contributed by atoms with Gasteiger partial charge in [0, 0.05) is 13.2 Å². The summed E-state index contributed by atoms with van der Waals surface area (Å²) in [5, 5.41) is 3.17. The van der Waals surface area contributed by atoms with Gasteiger partial charge in [-0.25, -0.2) is 4.90 Å². The molecule has 0 saturated carbocycles. The number of carbonyl (C=O) groups excluding carboxylic acids is 2. The topological polar surface area (TPSA) is 67.9 Å². The van der Waals surface area contributed by atoms with E-state index in [1.807, 2.05) is 6.92 Å². The molecule has 0 bridgehead atoms. The van der Waals surface area contributed by atoms with Crippen molar-refractivity contribution in [1.82, 2.24) is 5.32 Å². The average molecular weight is 318 g/mol. The molecule has 6 nitrogen and oxygen atoms in total. The third kappa shape index (κ3) is 3.54. The van der Waals surface area contributed by atoms with Crippen LogP contribution in [0.15, 0.2) is 24.3 Å². The van der Waals surface area contributed by atoms with Gasteiger partial charge in [0.05, 0.1) is 30.9 Å². The van der Waals surface area contributed by atoms with E-state index in [0.29, 0.717) is 18.8 Å². The van der Waals surface area contributed by atoms with Crippen molar-refractivity contribution in [3.63, 3.8) is 0 Å². The number of hydrogen-bond donors (Lipinski definition) is 1. The van der Waals surface area contributed by atoms with Crippen molar-refractivity contribution in [2.24, 2.45) is 0 Å². The molecular formula is C17H22N2O4. The number of nitrogens with zero attached hydrogens (tertiary/aromatic N) is 1. The van der Waals surface area contributed by atoms with Gasteiger partial charge in [0.1, 0.15) is 5.75 Å². The summed E-state index contributed by atoms with van der Waals surface area (Å²) < 4.78 is 10.9. The van der Waals surface area contributed by atoms with E-state index in [-0.39, 0.29) is 24.3 Å². The van der Waals surface area contributed by atoms with Gasteiger partial charge in [-0.15, -0.1) is 0 Å². The number of nitrogens with one attached hydrogen (secondary N) is 1. The highest BCUT2D eigenvalue weighted by atomic mass is 16.5. The molecule has 2 heterocycles. The molecule has 0 radical (unpaired) electrons. The molecule has 124 valence electrons. The molecule has 2 aliphatic rings. The van der Waals surface area contributed by atoms with Crippen molar-refractivity contribution < 1.29 is 19.1 Å². The van der Waals surface area contributed by atoms with Gasteiger partial charge in [0.15, 0.2) is 0 Å². The Hall–Kier alpha value is -1.92. The largest absolute Gasteiger partial charge is 0.494 e. The molecule has 0 spiro atoms. The standard InChI is InChI=1S/C17H22N2O4/c1-2-22-13-7-5-12(6-8-13)19-16(20)10-15(17(19)21)18-11-14-4-3-9-23-14/h5-8,14-15,18H,2-4,9-11H2,1H3/t14-,15+/m1/s1. The van der Waals surface area contributed by atoms with Crippen LogP contribution < -0.4 is 15.0 Å². The zero-order chi connectivity index (χ0) is 16.2. The maximum atomic E-state index is 12.5. The first kappa shape index (κ1) is 16.0. The predicted molar refractivity (Wildman–Crippen MR) is 85.5 cm³/mol. The molecule has 1 aromatic rings. The first-order chi connectivity index (χ1) is 11.2. The van der Waals surface area contributed by atoms with E-state index in [9.17, 15) is 9.59 Å². The Balaban J connectivity index is 1.63. The highest BCUT2D eigenvalue weighted by Gasteiger charge is 2.39. The second-order valence-electron chi connectivity index (χ2n) is 5.79. The minimum Gasteiger partial charge on any atom is -0.494 e. The lowest BCUT2D eigenvalue weighted by Crippen LogP contribution is -2.41. The molecule has 3 rings (SSSR count). The van der Waals surface area contributed by atoms with Gasteiger partial charge in [-0.1, -0.05) is 0 Å². The predicted octanol–water partition coefficient (Wildman–Crippen LogP) is 1.49. The van der Waals surface area contributed by atoms with Crippen molar-refractivity contribution >= 4 is 17.5 Å². The highest BCUT2D eigenvalue weighted by Crippen LogP contribution is 2.25. The Kier molecular flexibility index (Phi) is 4.93. The normalized spacial score (nSPS) is 24.5. The fraction of sp³-hybridized carbons (Fsp3) is 0.529. The number of imide groups is 1. The number of ether oxygens (including phenoxy) is 2. The number of anilines is 1. The van der Waals surface area contributed by atoms with Crippen LogP contribution in [0, 0.1) is 0 Å². The van der Waals surface area contributed by atoms with Crippen LogP contribution in [0.3, 0.4) is 0 Å². The van der Waals surface area contributed by atoms with Gasteiger partial charge in [-0.3, -0.25) is 9.59 Å². The lowest BCUT2D eigenvalue weighted by atomic mass is 10.2.